The molecule has 0 saturated carbocycles. The summed E-state index contributed by atoms with van der Waals surface area (Å²) in [4.78, 5) is 3.23. The molecular formula is C7H3F3N2S. The van der Waals surface area contributed by atoms with Crippen LogP contribution in [0.1, 0.15) is 11.3 Å². The fraction of sp³-hybridized carbons (Fsp3) is 0.143. The zero-order valence-electron chi connectivity index (χ0n) is 6.13. The number of hydrogen-bond donors (Lipinski definition) is 1. The lowest BCUT2D eigenvalue weighted by atomic mass is 10.2. The van der Waals surface area contributed by atoms with Gasteiger partial charge < -0.3 is 0 Å². The van der Waals surface area contributed by atoms with Crippen molar-refractivity contribution in [3.63, 3.8) is 0 Å². The van der Waals surface area contributed by atoms with Crippen LogP contribution >= 0.6 is 12.6 Å². The van der Waals surface area contributed by atoms with E-state index in [0.717, 1.165) is 6.07 Å². The fourth-order valence-electron chi connectivity index (χ4n) is 0.694. The zero-order chi connectivity index (χ0) is 10.1. The Morgan fingerprint density at radius 3 is 2.46 bits per heavy atom. The van der Waals surface area contributed by atoms with Crippen molar-refractivity contribution in [2.75, 3.05) is 0 Å². The summed E-state index contributed by atoms with van der Waals surface area (Å²) in [6, 6.07) is 2.39. The van der Waals surface area contributed by atoms with Crippen LogP contribution in [0, 0.1) is 11.3 Å². The molecule has 0 N–H and O–H groups in total. The molecular weight excluding hydrogens is 201 g/mol. The first-order valence-corrected chi connectivity index (χ1v) is 3.56. The predicted molar refractivity (Wildman–Crippen MR) is 41.2 cm³/mol. The van der Waals surface area contributed by atoms with Crippen LogP contribution in [0.25, 0.3) is 0 Å². The molecule has 1 rings (SSSR count). The summed E-state index contributed by atoms with van der Waals surface area (Å²) in [5.41, 5.74) is -1.02. The van der Waals surface area contributed by atoms with Gasteiger partial charge in [0.1, 0.15) is 6.07 Å². The summed E-state index contributed by atoms with van der Waals surface area (Å²) in [5.74, 6) is 0. The number of nitrogens with zero attached hydrogens (tertiary/aromatic N) is 2. The van der Waals surface area contributed by atoms with Gasteiger partial charge in [-0.05, 0) is 6.07 Å². The molecule has 0 radical (unpaired) electrons. The monoisotopic (exact) mass is 204 g/mol. The Morgan fingerprint density at radius 1 is 1.46 bits per heavy atom. The molecule has 1 aromatic heterocycles. The Kier molecular flexibility index (Phi) is 2.48. The van der Waals surface area contributed by atoms with Crippen molar-refractivity contribution in [2.24, 2.45) is 0 Å². The normalized spacial score (nSPS) is 11.0. The van der Waals surface area contributed by atoms with E-state index in [2.05, 4.69) is 17.6 Å². The van der Waals surface area contributed by atoms with E-state index in [1.165, 1.54) is 0 Å². The molecule has 13 heavy (non-hydrogen) atoms. The first-order valence-electron chi connectivity index (χ1n) is 3.11. The van der Waals surface area contributed by atoms with Crippen molar-refractivity contribution in [3.05, 3.63) is 23.5 Å². The van der Waals surface area contributed by atoms with Crippen molar-refractivity contribution in [1.29, 1.82) is 5.26 Å². The number of rotatable bonds is 0. The van der Waals surface area contributed by atoms with Gasteiger partial charge in [-0.2, -0.15) is 18.4 Å². The number of pyridine rings is 1. The molecule has 0 fully saturated rings. The maximum Gasteiger partial charge on any atom is 0.417 e. The Balaban J connectivity index is 3.20. The van der Waals surface area contributed by atoms with Crippen molar-refractivity contribution < 1.29 is 13.2 Å². The second kappa shape index (κ2) is 3.26. The topological polar surface area (TPSA) is 36.7 Å². The molecule has 2 nitrogen and oxygen atoms in total. The number of halogens is 3. The molecule has 0 spiro atoms. The van der Waals surface area contributed by atoms with Crippen molar-refractivity contribution in [1.82, 2.24) is 4.98 Å². The summed E-state index contributed by atoms with van der Waals surface area (Å²) in [6.45, 7) is 0. The standard InChI is InChI=1S/C7H3F3N2S/c8-7(9,10)4-1-6(13)5(2-11)12-3-4/h1,3,13H. The molecule has 0 aromatic carbocycles. The summed E-state index contributed by atoms with van der Waals surface area (Å²) in [5, 5.41) is 8.37. The third-order valence-electron chi connectivity index (χ3n) is 1.30. The molecule has 6 heteroatoms. The number of nitriles is 1. The molecule has 0 saturated heterocycles. The molecule has 0 aliphatic rings. The van der Waals surface area contributed by atoms with Crippen LogP contribution in [0.3, 0.4) is 0 Å². The predicted octanol–water partition coefficient (Wildman–Crippen LogP) is 2.26. The van der Waals surface area contributed by atoms with Gasteiger partial charge in [-0.1, -0.05) is 0 Å². The maximum atomic E-state index is 12.0. The minimum absolute atomic E-state index is 0.0719. The average Bonchev–Trinajstić information content (AvgIpc) is 2.02. The van der Waals surface area contributed by atoms with Crippen LogP contribution in [-0.4, -0.2) is 4.98 Å². The molecule has 0 aliphatic heterocycles. The largest absolute Gasteiger partial charge is 0.417 e. The highest BCUT2D eigenvalue weighted by Crippen LogP contribution is 2.30. The summed E-state index contributed by atoms with van der Waals surface area (Å²) >= 11 is 3.69. The van der Waals surface area contributed by atoms with Crippen LogP contribution in [0.15, 0.2) is 17.2 Å². The van der Waals surface area contributed by atoms with E-state index in [1.807, 2.05) is 0 Å². The lowest BCUT2D eigenvalue weighted by molar-refractivity contribution is -0.138. The second-order valence-corrected chi connectivity index (χ2v) is 2.68. The van der Waals surface area contributed by atoms with Gasteiger partial charge in [-0.3, -0.25) is 0 Å². The van der Waals surface area contributed by atoms with Crippen LogP contribution in [0.5, 0.6) is 0 Å². The van der Waals surface area contributed by atoms with Gasteiger partial charge in [0.15, 0.2) is 5.69 Å². The van der Waals surface area contributed by atoms with Gasteiger partial charge in [-0.25, -0.2) is 4.98 Å². The third-order valence-corrected chi connectivity index (χ3v) is 1.64. The van der Waals surface area contributed by atoms with E-state index in [9.17, 15) is 13.2 Å². The number of alkyl halides is 3. The molecule has 0 aliphatic carbocycles. The minimum Gasteiger partial charge on any atom is -0.244 e. The van der Waals surface area contributed by atoms with E-state index in [-0.39, 0.29) is 10.6 Å². The minimum atomic E-state index is -4.45. The number of thiol groups is 1. The van der Waals surface area contributed by atoms with E-state index in [1.54, 1.807) is 6.07 Å². The zero-order valence-corrected chi connectivity index (χ0v) is 7.02. The molecule has 0 atom stereocenters. The summed E-state index contributed by atoms with van der Waals surface area (Å²) in [6.07, 6.45) is -3.84. The van der Waals surface area contributed by atoms with Crippen LogP contribution < -0.4 is 0 Å². The van der Waals surface area contributed by atoms with E-state index < -0.39 is 11.7 Å². The van der Waals surface area contributed by atoms with Gasteiger partial charge in [0.2, 0.25) is 0 Å². The SMILES string of the molecule is N#Cc1ncc(C(F)(F)F)cc1S. The molecule has 68 valence electrons. The lowest BCUT2D eigenvalue weighted by Gasteiger charge is -2.06. The quantitative estimate of drug-likeness (QED) is 0.658. The smallest absolute Gasteiger partial charge is 0.244 e. The second-order valence-electron chi connectivity index (χ2n) is 2.20. The molecule has 0 bridgehead atoms. The maximum absolute atomic E-state index is 12.0. The Bertz CT molecular complexity index is 367. The van der Waals surface area contributed by atoms with Crippen LogP contribution in [0.2, 0.25) is 0 Å². The van der Waals surface area contributed by atoms with Gasteiger partial charge in [0.25, 0.3) is 0 Å². The molecule has 0 unspecified atom stereocenters. The first-order chi connectivity index (χ1) is 5.95. The Labute approximate surface area is 77.4 Å². The van der Waals surface area contributed by atoms with Gasteiger partial charge in [0, 0.05) is 11.1 Å². The van der Waals surface area contributed by atoms with E-state index in [4.69, 9.17) is 5.26 Å². The lowest BCUT2D eigenvalue weighted by Crippen LogP contribution is -2.06. The highest BCUT2D eigenvalue weighted by atomic mass is 32.1. The Hall–Kier alpha value is -1.22. The number of hydrogen-bond acceptors (Lipinski definition) is 3. The van der Waals surface area contributed by atoms with Crippen molar-refractivity contribution in [3.8, 4) is 6.07 Å². The summed E-state index contributed by atoms with van der Waals surface area (Å²) in [7, 11) is 0. The van der Waals surface area contributed by atoms with Crippen LogP contribution in [0.4, 0.5) is 13.2 Å². The number of aromatic nitrogens is 1. The molecule has 1 aromatic rings. The fourth-order valence-corrected chi connectivity index (χ4v) is 0.941. The highest BCUT2D eigenvalue weighted by molar-refractivity contribution is 7.80. The summed E-state index contributed by atoms with van der Waals surface area (Å²) < 4.78 is 36.1. The van der Waals surface area contributed by atoms with Crippen molar-refractivity contribution in [2.45, 2.75) is 11.1 Å². The van der Waals surface area contributed by atoms with Gasteiger partial charge in [-0.15, -0.1) is 12.6 Å². The molecule has 0 amide bonds. The van der Waals surface area contributed by atoms with E-state index >= 15 is 0 Å². The highest BCUT2D eigenvalue weighted by Gasteiger charge is 2.31. The third kappa shape index (κ3) is 2.12. The molecule has 1 heterocycles. The van der Waals surface area contributed by atoms with E-state index in [0.29, 0.717) is 6.20 Å². The van der Waals surface area contributed by atoms with Gasteiger partial charge in [0.05, 0.1) is 5.56 Å². The first kappa shape index (κ1) is 9.86. The van der Waals surface area contributed by atoms with Gasteiger partial charge >= 0.3 is 6.18 Å². The van der Waals surface area contributed by atoms with Crippen LogP contribution in [-0.2, 0) is 6.18 Å². The average molecular weight is 204 g/mol. The van der Waals surface area contributed by atoms with Crippen molar-refractivity contribution >= 4 is 12.6 Å². The Morgan fingerprint density at radius 2 is 2.08 bits per heavy atom.